The lowest BCUT2D eigenvalue weighted by atomic mass is 10.2. The summed E-state index contributed by atoms with van der Waals surface area (Å²) < 4.78 is 1.68. The van der Waals surface area contributed by atoms with Gasteiger partial charge in [0.15, 0.2) is 0 Å². The van der Waals surface area contributed by atoms with Crippen LogP contribution in [0.1, 0.15) is 11.3 Å². The van der Waals surface area contributed by atoms with Gasteiger partial charge in [-0.3, -0.25) is 4.57 Å². The second-order valence-electron chi connectivity index (χ2n) is 4.50. The van der Waals surface area contributed by atoms with Crippen molar-refractivity contribution in [1.82, 2.24) is 4.57 Å². The number of para-hydroxylation sites is 1. The normalized spacial score (nSPS) is 9.90. The number of aromatic nitrogens is 1. The average Bonchev–Trinajstić information content (AvgIpc) is 2.50. The van der Waals surface area contributed by atoms with Gasteiger partial charge in [0, 0.05) is 11.4 Å². The molecular formula is C16H17N3O. The van der Waals surface area contributed by atoms with E-state index < -0.39 is 0 Å². The number of rotatable bonds is 2. The molecule has 1 heterocycles. The summed E-state index contributed by atoms with van der Waals surface area (Å²) in [5, 5.41) is 14.0. The standard InChI is InChI=1S/C16H17N3O/c1-12-8-6-7-9-13(2)19(16(20)15(12)18-17)14-10-4-3-5-11-14/h3-11,17,20H,1-2H3. The molecule has 2 aromatic rings. The Morgan fingerprint density at radius 3 is 2.20 bits per heavy atom. The quantitative estimate of drug-likeness (QED) is 0.768. The van der Waals surface area contributed by atoms with Crippen LogP contribution in [-0.2, 0) is 0 Å². The van der Waals surface area contributed by atoms with E-state index in [1.54, 1.807) is 4.57 Å². The Morgan fingerprint density at radius 2 is 1.55 bits per heavy atom. The van der Waals surface area contributed by atoms with Gasteiger partial charge in [0.25, 0.3) is 0 Å². The van der Waals surface area contributed by atoms with Crippen LogP contribution < -0.4 is 0 Å². The molecule has 0 amide bonds. The highest BCUT2D eigenvalue weighted by atomic mass is 16.3. The fraction of sp³-hybridized carbons (Fsp3) is 0.125. The molecule has 20 heavy (non-hydrogen) atoms. The van der Waals surface area contributed by atoms with Crippen LogP contribution in [0, 0.1) is 19.4 Å². The monoisotopic (exact) mass is 267 g/mol. The van der Waals surface area contributed by atoms with E-state index in [0.29, 0.717) is 0 Å². The van der Waals surface area contributed by atoms with Gasteiger partial charge in [-0.1, -0.05) is 36.4 Å². The summed E-state index contributed by atoms with van der Waals surface area (Å²) in [7, 11) is 0. The summed E-state index contributed by atoms with van der Waals surface area (Å²) in [5.74, 6) is -0.0441. The van der Waals surface area contributed by atoms with Crippen molar-refractivity contribution in [3.8, 4) is 11.6 Å². The third kappa shape index (κ3) is 2.69. The molecule has 0 spiro atoms. The molecule has 0 saturated heterocycles. The molecule has 102 valence electrons. The number of aryl methyl sites for hydroxylation is 2. The molecule has 0 atom stereocenters. The van der Waals surface area contributed by atoms with Gasteiger partial charge in [0.05, 0.1) is 0 Å². The first kappa shape index (κ1) is 13.8. The Hall–Kier alpha value is -2.62. The highest BCUT2D eigenvalue weighted by molar-refractivity contribution is 5.54. The molecule has 4 heteroatoms. The van der Waals surface area contributed by atoms with Gasteiger partial charge >= 0.3 is 0 Å². The molecule has 0 radical (unpaired) electrons. The Bertz CT molecular complexity index is 674. The van der Waals surface area contributed by atoms with Crippen LogP contribution >= 0.6 is 0 Å². The molecule has 0 unspecified atom stereocenters. The number of nitrogens with zero attached hydrogens (tertiary/aromatic N) is 2. The zero-order valence-corrected chi connectivity index (χ0v) is 11.5. The van der Waals surface area contributed by atoms with Crippen LogP contribution in [0.2, 0.25) is 0 Å². The molecule has 0 aliphatic carbocycles. The lowest BCUT2D eigenvalue weighted by molar-refractivity contribution is 0.438. The van der Waals surface area contributed by atoms with Crippen LogP contribution in [0.4, 0.5) is 5.69 Å². The predicted octanol–water partition coefficient (Wildman–Crippen LogP) is 4.59. The van der Waals surface area contributed by atoms with Gasteiger partial charge in [-0.25, -0.2) is 5.53 Å². The molecule has 0 aliphatic heterocycles. The van der Waals surface area contributed by atoms with E-state index in [9.17, 15) is 5.11 Å². The van der Waals surface area contributed by atoms with E-state index in [4.69, 9.17) is 5.53 Å². The Morgan fingerprint density at radius 1 is 0.950 bits per heavy atom. The van der Waals surface area contributed by atoms with Crippen molar-refractivity contribution < 1.29 is 5.11 Å². The second kappa shape index (κ2) is 6.02. The topological polar surface area (TPSA) is 61.4 Å². The molecule has 2 N–H and O–H groups in total. The minimum absolute atomic E-state index is 0.0441. The van der Waals surface area contributed by atoms with E-state index in [-0.39, 0.29) is 11.6 Å². The number of hydrogen-bond donors (Lipinski definition) is 2. The van der Waals surface area contributed by atoms with Gasteiger partial charge in [0.2, 0.25) is 5.88 Å². The van der Waals surface area contributed by atoms with Crippen LogP contribution in [0.3, 0.4) is 0 Å². The first-order valence-corrected chi connectivity index (χ1v) is 6.33. The molecular weight excluding hydrogens is 250 g/mol. The van der Waals surface area contributed by atoms with Crippen molar-refractivity contribution in [2.75, 3.05) is 0 Å². The van der Waals surface area contributed by atoms with Gasteiger partial charge < -0.3 is 5.11 Å². The molecule has 1 aromatic carbocycles. The molecule has 0 fully saturated rings. The highest BCUT2D eigenvalue weighted by Gasteiger charge is 2.08. The molecule has 1 aromatic heterocycles. The first-order chi connectivity index (χ1) is 9.65. The lowest BCUT2D eigenvalue weighted by Gasteiger charge is -2.12. The van der Waals surface area contributed by atoms with Crippen molar-refractivity contribution in [3.05, 3.63) is 65.9 Å². The molecule has 0 saturated carbocycles. The molecule has 2 rings (SSSR count). The zero-order chi connectivity index (χ0) is 14.5. The van der Waals surface area contributed by atoms with Crippen molar-refractivity contribution in [2.45, 2.75) is 13.8 Å². The van der Waals surface area contributed by atoms with Gasteiger partial charge in [-0.15, -0.1) is 0 Å². The van der Waals surface area contributed by atoms with Gasteiger partial charge in [-0.05, 0) is 37.6 Å². The maximum absolute atomic E-state index is 10.5. The maximum Gasteiger partial charge on any atom is 0.224 e. The van der Waals surface area contributed by atoms with E-state index in [1.165, 1.54) is 0 Å². The SMILES string of the molecule is Cc1ccccc(C)n(-c2ccccc2)c(O)c1N=N. The van der Waals surface area contributed by atoms with Crippen molar-refractivity contribution in [2.24, 2.45) is 5.11 Å². The van der Waals surface area contributed by atoms with Crippen LogP contribution in [-0.4, -0.2) is 9.67 Å². The first-order valence-electron chi connectivity index (χ1n) is 6.33. The van der Waals surface area contributed by atoms with Gasteiger partial charge in [0.1, 0.15) is 5.69 Å². The predicted molar refractivity (Wildman–Crippen MR) is 79.3 cm³/mol. The fourth-order valence-electron chi connectivity index (χ4n) is 2.04. The summed E-state index contributed by atoms with van der Waals surface area (Å²) in [6.45, 7) is 3.72. The summed E-state index contributed by atoms with van der Waals surface area (Å²) in [4.78, 5) is 0. The number of nitrogens with one attached hydrogen (secondary N) is 1. The second-order valence-corrected chi connectivity index (χ2v) is 4.50. The van der Waals surface area contributed by atoms with Crippen molar-refractivity contribution >= 4 is 5.69 Å². The summed E-state index contributed by atoms with van der Waals surface area (Å²) in [6.07, 6.45) is 0. The molecule has 0 bridgehead atoms. The third-order valence-corrected chi connectivity index (χ3v) is 3.07. The molecule has 0 aliphatic rings. The van der Waals surface area contributed by atoms with Crippen LogP contribution in [0.25, 0.3) is 5.69 Å². The smallest absolute Gasteiger partial charge is 0.224 e. The Balaban J connectivity index is 2.93. The minimum atomic E-state index is -0.0441. The van der Waals surface area contributed by atoms with Crippen molar-refractivity contribution in [3.63, 3.8) is 0 Å². The maximum atomic E-state index is 10.5. The van der Waals surface area contributed by atoms with E-state index in [2.05, 4.69) is 5.11 Å². The largest absolute Gasteiger partial charge is 0.493 e. The van der Waals surface area contributed by atoms with Crippen molar-refractivity contribution in [1.29, 1.82) is 5.53 Å². The lowest BCUT2D eigenvalue weighted by Crippen LogP contribution is -1.98. The Labute approximate surface area is 118 Å². The van der Waals surface area contributed by atoms with Crippen LogP contribution in [0.15, 0.2) is 59.7 Å². The average molecular weight is 267 g/mol. The zero-order valence-electron chi connectivity index (χ0n) is 11.5. The summed E-state index contributed by atoms with van der Waals surface area (Å²) in [6, 6.07) is 17.0. The number of hydrogen-bond acceptors (Lipinski definition) is 3. The highest BCUT2D eigenvalue weighted by Crippen LogP contribution is 2.30. The van der Waals surface area contributed by atoms with Crippen LogP contribution in [0.5, 0.6) is 5.88 Å². The summed E-state index contributed by atoms with van der Waals surface area (Å²) >= 11 is 0. The number of aromatic hydroxyl groups is 1. The number of benzene rings is 1. The van der Waals surface area contributed by atoms with E-state index in [1.807, 2.05) is 68.4 Å². The third-order valence-electron chi connectivity index (χ3n) is 3.07. The summed E-state index contributed by atoms with van der Waals surface area (Å²) in [5.41, 5.74) is 9.97. The fourth-order valence-corrected chi connectivity index (χ4v) is 2.04. The van der Waals surface area contributed by atoms with E-state index in [0.717, 1.165) is 16.9 Å². The van der Waals surface area contributed by atoms with E-state index >= 15 is 0 Å². The van der Waals surface area contributed by atoms with Gasteiger partial charge in [-0.2, -0.15) is 5.11 Å². The minimum Gasteiger partial charge on any atom is -0.493 e. The Kier molecular flexibility index (Phi) is 4.15. The molecule has 4 nitrogen and oxygen atoms in total.